The van der Waals surface area contributed by atoms with E-state index in [1.807, 2.05) is 0 Å². The molecule has 0 aliphatic heterocycles. The van der Waals surface area contributed by atoms with Crippen molar-refractivity contribution in [1.82, 2.24) is 0 Å². The molecule has 2 aromatic rings. The Hall–Kier alpha value is -3.03. The maximum Gasteiger partial charge on any atom is 0.416 e. The number of nitrogens with one attached hydrogen (secondary N) is 1. The number of carbonyl (C=O) groups excluding carboxylic acids is 2. The van der Waals surface area contributed by atoms with Gasteiger partial charge in [-0.05, 0) is 42.5 Å². The molecule has 126 valence electrons. The van der Waals surface area contributed by atoms with Crippen LogP contribution in [0.5, 0.6) is 5.75 Å². The van der Waals surface area contributed by atoms with Crippen molar-refractivity contribution in [2.24, 2.45) is 0 Å². The highest BCUT2D eigenvalue weighted by Gasteiger charge is 2.31. The number of benzene rings is 2. The number of phenolic OH excluding ortho intramolecular Hbond substituents is 1. The van der Waals surface area contributed by atoms with Gasteiger partial charge in [0, 0.05) is 5.69 Å². The summed E-state index contributed by atoms with van der Waals surface area (Å²) < 4.78 is 42.6. The summed E-state index contributed by atoms with van der Waals surface area (Å²) >= 11 is 0. The summed E-state index contributed by atoms with van der Waals surface area (Å²) in [6, 6.07) is 7.58. The minimum Gasteiger partial charge on any atom is -0.507 e. The van der Waals surface area contributed by atoms with Crippen molar-refractivity contribution in [2.75, 3.05) is 12.4 Å². The fourth-order valence-electron chi connectivity index (χ4n) is 1.90. The molecule has 0 heterocycles. The quantitative estimate of drug-likeness (QED) is 0.840. The number of esters is 1. The number of rotatable bonds is 3. The number of anilines is 1. The topological polar surface area (TPSA) is 75.6 Å². The van der Waals surface area contributed by atoms with E-state index in [0.29, 0.717) is 12.1 Å². The summed E-state index contributed by atoms with van der Waals surface area (Å²) in [7, 11) is 1.22. The third-order valence-electron chi connectivity index (χ3n) is 3.13. The first-order valence-corrected chi connectivity index (χ1v) is 6.62. The first-order chi connectivity index (χ1) is 11.2. The number of hydrogen-bond acceptors (Lipinski definition) is 4. The van der Waals surface area contributed by atoms with E-state index in [4.69, 9.17) is 0 Å². The number of ether oxygens (including phenoxy) is 1. The fourth-order valence-corrected chi connectivity index (χ4v) is 1.90. The van der Waals surface area contributed by atoms with Gasteiger partial charge in [-0.15, -0.1) is 0 Å². The van der Waals surface area contributed by atoms with Crippen molar-refractivity contribution in [3.8, 4) is 5.75 Å². The SMILES string of the molecule is COC(=O)c1ccc(NC(=O)c2cc(C(F)(F)F)ccc2O)cc1. The third-order valence-corrected chi connectivity index (χ3v) is 3.13. The average molecular weight is 339 g/mol. The molecule has 0 fully saturated rings. The van der Waals surface area contributed by atoms with Crippen LogP contribution in [0, 0.1) is 0 Å². The zero-order valence-corrected chi connectivity index (χ0v) is 12.3. The number of hydrogen-bond donors (Lipinski definition) is 2. The van der Waals surface area contributed by atoms with Crippen molar-refractivity contribution < 1.29 is 32.6 Å². The lowest BCUT2D eigenvalue weighted by atomic mass is 10.1. The van der Waals surface area contributed by atoms with Crippen LogP contribution in [0.25, 0.3) is 0 Å². The molecule has 0 radical (unpaired) electrons. The van der Waals surface area contributed by atoms with Crippen molar-refractivity contribution in [1.29, 1.82) is 0 Å². The van der Waals surface area contributed by atoms with Crippen molar-refractivity contribution in [3.63, 3.8) is 0 Å². The van der Waals surface area contributed by atoms with Gasteiger partial charge in [-0.3, -0.25) is 4.79 Å². The Morgan fingerprint density at radius 1 is 1.08 bits per heavy atom. The van der Waals surface area contributed by atoms with Gasteiger partial charge in [-0.25, -0.2) is 4.79 Å². The lowest BCUT2D eigenvalue weighted by molar-refractivity contribution is -0.137. The lowest BCUT2D eigenvalue weighted by Crippen LogP contribution is -2.14. The van der Waals surface area contributed by atoms with Gasteiger partial charge >= 0.3 is 12.1 Å². The van der Waals surface area contributed by atoms with E-state index in [9.17, 15) is 27.9 Å². The van der Waals surface area contributed by atoms with Gasteiger partial charge in [0.15, 0.2) is 0 Å². The highest BCUT2D eigenvalue weighted by Crippen LogP contribution is 2.32. The lowest BCUT2D eigenvalue weighted by Gasteiger charge is -2.11. The van der Waals surface area contributed by atoms with Crippen LogP contribution >= 0.6 is 0 Å². The normalized spacial score (nSPS) is 11.0. The zero-order valence-electron chi connectivity index (χ0n) is 12.3. The average Bonchev–Trinajstić information content (AvgIpc) is 2.54. The van der Waals surface area contributed by atoms with Gasteiger partial charge < -0.3 is 15.2 Å². The van der Waals surface area contributed by atoms with Gasteiger partial charge in [0.25, 0.3) is 5.91 Å². The highest BCUT2D eigenvalue weighted by atomic mass is 19.4. The highest BCUT2D eigenvalue weighted by molar-refractivity contribution is 6.06. The number of amides is 1. The second kappa shape index (κ2) is 6.61. The van der Waals surface area contributed by atoms with E-state index in [1.54, 1.807) is 0 Å². The maximum absolute atomic E-state index is 12.7. The summed E-state index contributed by atoms with van der Waals surface area (Å²) in [6.45, 7) is 0. The number of methoxy groups -OCH3 is 1. The van der Waals surface area contributed by atoms with Crippen LogP contribution in [-0.4, -0.2) is 24.1 Å². The monoisotopic (exact) mass is 339 g/mol. The molecule has 5 nitrogen and oxygen atoms in total. The molecule has 0 unspecified atom stereocenters. The Labute approximate surface area is 134 Å². The molecule has 2 rings (SSSR count). The van der Waals surface area contributed by atoms with Crippen LogP contribution in [0.2, 0.25) is 0 Å². The first-order valence-electron chi connectivity index (χ1n) is 6.62. The largest absolute Gasteiger partial charge is 0.507 e. The van der Waals surface area contributed by atoms with Crippen LogP contribution in [0.4, 0.5) is 18.9 Å². The van der Waals surface area contributed by atoms with Crippen LogP contribution in [0.1, 0.15) is 26.3 Å². The molecule has 2 aromatic carbocycles. The van der Waals surface area contributed by atoms with Crippen molar-refractivity contribution in [2.45, 2.75) is 6.18 Å². The van der Waals surface area contributed by atoms with Crippen LogP contribution < -0.4 is 5.32 Å². The molecular weight excluding hydrogens is 327 g/mol. The molecule has 24 heavy (non-hydrogen) atoms. The number of phenols is 1. The van der Waals surface area contributed by atoms with Crippen LogP contribution in [-0.2, 0) is 10.9 Å². The predicted molar refractivity (Wildman–Crippen MR) is 78.8 cm³/mol. The minimum absolute atomic E-state index is 0.240. The number of carbonyl (C=O) groups is 2. The van der Waals surface area contributed by atoms with Crippen LogP contribution in [0.15, 0.2) is 42.5 Å². The zero-order chi connectivity index (χ0) is 17.9. The molecule has 0 atom stereocenters. The maximum atomic E-state index is 12.7. The van der Waals surface area contributed by atoms with Gasteiger partial charge in [-0.1, -0.05) is 0 Å². The molecule has 0 bridgehead atoms. The summed E-state index contributed by atoms with van der Waals surface area (Å²) in [5, 5.41) is 12.0. The number of aromatic hydroxyl groups is 1. The third kappa shape index (κ3) is 3.83. The van der Waals surface area contributed by atoms with Gasteiger partial charge in [0.05, 0.1) is 23.8 Å². The van der Waals surface area contributed by atoms with E-state index >= 15 is 0 Å². The Morgan fingerprint density at radius 2 is 1.71 bits per heavy atom. The van der Waals surface area contributed by atoms with Crippen molar-refractivity contribution >= 4 is 17.6 Å². The van der Waals surface area contributed by atoms with Gasteiger partial charge in [-0.2, -0.15) is 13.2 Å². The summed E-state index contributed by atoms with van der Waals surface area (Å²) in [5.74, 6) is -2.06. The molecule has 2 N–H and O–H groups in total. The van der Waals surface area contributed by atoms with Gasteiger partial charge in [0.1, 0.15) is 5.75 Å². The summed E-state index contributed by atoms with van der Waals surface area (Å²) in [6.07, 6.45) is -4.63. The Morgan fingerprint density at radius 3 is 2.25 bits per heavy atom. The van der Waals surface area contributed by atoms with E-state index in [-0.39, 0.29) is 11.3 Å². The molecule has 0 aromatic heterocycles. The number of halogens is 3. The molecule has 0 spiro atoms. The Bertz CT molecular complexity index is 770. The Balaban J connectivity index is 2.22. The molecule has 8 heteroatoms. The molecule has 1 amide bonds. The molecule has 0 aliphatic rings. The minimum atomic E-state index is -4.63. The van der Waals surface area contributed by atoms with E-state index in [0.717, 1.165) is 6.07 Å². The van der Waals surface area contributed by atoms with Gasteiger partial charge in [0.2, 0.25) is 0 Å². The molecule has 0 saturated heterocycles. The van der Waals surface area contributed by atoms with Crippen LogP contribution in [0.3, 0.4) is 0 Å². The molecule has 0 saturated carbocycles. The smallest absolute Gasteiger partial charge is 0.416 e. The molecular formula is C16H12F3NO4. The molecule has 0 aliphatic carbocycles. The summed E-state index contributed by atoms with van der Waals surface area (Å²) in [5.41, 5.74) is -1.07. The second-order valence-corrected chi connectivity index (χ2v) is 4.75. The van der Waals surface area contributed by atoms with E-state index < -0.39 is 34.9 Å². The summed E-state index contributed by atoms with van der Waals surface area (Å²) in [4.78, 5) is 23.4. The van der Waals surface area contributed by atoms with E-state index in [2.05, 4.69) is 10.1 Å². The fraction of sp³-hybridized carbons (Fsp3) is 0.125. The van der Waals surface area contributed by atoms with Crippen molar-refractivity contribution in [3.05, 3.63) is 59.2 Å². The number of alkyl halides is 3. The predicted octanol–water partition coefficient (Wildman–Crippen LogP) is 3.45. The van der Waals surface area contributed by atoms with E-state index in [1.165, 1.54) is 31.4 Å². The standard InChI is InChI=1S/C16H12F3NO4/c1-24-15(23)9-2-5-11(6-3-9)20-14(22)12-8-10(16(17,18)19)4-7-13(12)21/h2-8,21H,1H3,(H,20,22). The Kier molecular flexibility index (Phi) is 4.77. The first kappa shape index (κ1) is 17.3. The second-order valence-electron chi connectivity index (χ2n) is 4.75.